The largest absolute Gasteiger partial charge is 0.379 e. The Morgan fingerprint density at radius 3 is 2.38 bits per heavy atom. The van der Waals surface area contributed by atoms with Gasteiger partial charge in [0.15, 0.2) is 0 Å². The summed E-state index contributed by atoms with van der Waals surface area (Å²) in [6, 6.07) is 7.49. The molecule has 2 heterocycles. The maximum Gasteiger partial charge on any atom is 0.253 e. The van der Waals surface area contributed by atoms with Crippen LogP contribution in [0.2, 0.25) is 0 Å². The van der Waals surface area contributed by atoms with Gasteiger partial charge in [-0.1, -0.05) is 29.8 Å². The molecule has 1 fully saturated rings. The summed E-state index contributed by atoms with van der Waals surface area (Å²) < 4.78 is 59.7. The third-order valence-electron chi connectivity index (χ3n) is 4.38. The molecule has 1 aromatic heterocycles. The Labute approximate surface area is 148 Å². The van der Waals surface area contributed by atoms with Crippen molar-refractivity contribution in [1.82, 2.24) is 9.88 Å². The van der Waals surface area contributed by atoms with E-state index in [1.165, 1.54) is 0 Å². The van der Waals surface area contributed by atoms with Gasteiger partial charge < -0.3 is 10.1 Å². The van der Waals surface area contributed by atoms with Gasteiger partial charge in [0.1, 0.15) is 5.69 Å². The number of ether oxygens (including phenoxy) is 1. The van der Waals surface area contributed by atoms with Crippen LogP contribution >= 0.6 is 0 Å². The maximum absolute atomic E-state index is 13.9. The van der Waals surface area contributed by atoms with Crippen molar-refractivity contribution in [3.8, 4) is 0 Å². The molecule has 1 aliphatic heterocycles. The molecule has 0 saturated carbocycles. The number of hydrogen-bond donors (Lipinski definition) is 1. The van der Waals surface area contributed by atoms with Gasteiger partial charge in [0.05, 0.1) is 19.3 Å². The fourth-order valence-corrected chi connectivity index (χ4v) is 3.07. The van der Waals surface area contributed by atoms with Crippen molar-refractivity contribution >= 4 is 5.69 Å². The third kappa shape index (κ3) is 3.96. The van der Waals surface area contributed by atoms with Gasteiger partial charge in [-0.3, -0.25) is 4.90 Å². The molecule has 4 nitrogen and oxygen atoms in total. The van der Waals surface area contributed by atoms with E-state index in [4.69, 9.17) is 4.74 Å². The predicted octanol–water partition coefficient (Wildman–Crippen LogP) is 3.43. The Kier molecular flexibility index (Phi) is 5.73. The molecular weight excluding hydrogens is 350 g/mol. The molecule has 1 atom stereocenters. The SMILES string of the molecule is Cc1cccc(C(CNc2c(F)c(F)nc(F)c2F)N2CCOCC2)c1. The molecule has 0 aliphatic carbocycles. The van der Waals surface area contributed by atoms with E-state index in [0.717, 1.165) is 11.1 Å². The van der Waals surface area contributed by atoms with E-state index >= 15 is 0 Å². The van der Waals surface area contributed by atoms with Crippen molar-refractivity contribution in [3.63, 3.8) is 0 Å². The lowest BCUT2D eigenvalue weighted by atomic mass is 10.0. The van der Waals surface area contributed by atoms with Crippen LogP contribution in [0.5, 0.6) is 0 Å². The number of morpholine rings is 1. The first-order valence-corrected chi connectivity index (χ1v) is 8.29. The van der Waals surface area contributed by atoms with E-state index in [2.05, 4.69) is 15.2 Å². The highest BCUT2D eigenvalue weighted by Crippen LogP contribution is 2.26. The monoisotopic (exact) mass is 369 g/mol. The minimum atomic E-state index is -1.68. The van der Waals surface area contributed by atoms with Gasteiger partial charge in [-0.25, -0.2) is 0 Å². The van der Waals surface area contributed by atoms with Crippen LogP contribution in [0.25, 0.3) is 0 Å². The first kappa shape index (κ1) is 18.6. The minimum Gasteiger partial charge on any atom is -0.379 e. The summed E-state index contributed by atoms with van der Waals surface area (Å²) in [6.45, 7) is 4.39. The molecule has 26 heavy (non-hydrogen) atoms. The predicted molar refractivity (Wildman–Crippen MR) is 88.9 cm³/mol. The third-order valence-corrected chi connectivity index (χ3v) is 4.38. The summed E-state index contributed by atoms with van der Waals surface area (Å²) >= 11 is 0. The van der Waals surface area contributed by atoms with Crippen molar-refractivity contribution in [2.75, 3.05) is 38.2 Å². The summed E-state index contributed by atoms with van der Waals surface area (Å²) in [6.07, 6.45) is 0. The van der Waals surface area contributed by atoms with Gasteiger partial charge in [-0.15, -0.1) is 0 Å². The second-order valence-electron chi connectivity index (χ2n) is 6.16. The number of halogens is 4. The first-order valence-electron chi connectivity index (χ1n) is 8.29. The number of hydrogen-bond acceptors (Lipinski definition) is 4. The zero-order chi connectivity index (χ0) is 18.7. The normalized spacial score (nSPS) is 16.5. The van der Waals surface area contributed by atoms with Gasteiger partial charge in [0.2, 0.25) is 11.6 Å². The Bertz CT molecular complexity index is 755. The summed E-state index contributed by atoms with van der Waals surface area (Å²) in [5, 5.41) is 2.53. The van der Waals surface area contributed by atoms with E-state index in [9.17, 15) is 17.6 Å². The first-order chi connectivity index (χ1) is 12.5. The van der Waals surface area contributed by atoms with E-state index in [1.807, 2.05) is 31.2 Å². The van der Waals surface area contributed by atoms with E-state index in [0.29, 0.717) is 26.3 Å². The zero-order valence-corrected chi connectivity index (χ0v) is 14.2. The van der Waals surface area contributed by atoms with Crippen molar-refractivity contribution in [3.05, 3.63) is 58.9 Å². The van der Waals surface area contributed by atoms with E-state index < -0.39 is 29.2 Å². The maximum atomic E-state index is 13.9. The molecule has 2 aromatic rings. The molecule has 0 bridgehead atoms. The molecule has 0 radical (unpaired) electrons. The lowest BCUT2D eigenvalue weighted by Gasteiger charge is -2.35. The van der Waals surface area contributed by atoms with Crippen LogP contribution in [0.1, 0.15) is 17.2 Å². The van der Waals surface area contributed by atoms with Crippen LogP contribution in [0, 0.1) is 30.5 Å². The average Bonchev–Trinajstić information content (AvgIpc) is 2.64. The number of pyridine rings is 1. The fourth-order valence-electron chi connectivity index (χ4n) is 3.07. The number of nitrogens with zero attached hydrogens (tertiary/aromatic N) is 2. The lowest BCUT2D eigenvalue weighted by Crippen LogP contribution is -2.41. The van der Waals surface area contributed by atoms with Crippen molar-refractivity contribution in [2.24, 2.45) is 0 Å². The fraction of sp³-hybridized carbons (Fsp3) is 0.389. The Balaban J connectivity index is 1.87. The molecule has 140 valence electrons. The van der Waals surface area contributed by atoms with Crippen LogP contribution in [-0.2, 0) is 4.74 Å². The molecule has 1 aliphatic rings. The number of anilines is 1. The van der Waals surface area contributed by atoms with Gasteiger partial charge in [0, 0.05) is 19.6 Å². The lowest BCUT2D eigenvalue weighted by molar-refractivity contribution is 0.0187. The van der Waals surface area contributed by atoms with Gasteiger partial charge in [-0.2, -0.15) is 22.5 Å². The smallest absolute Gasteiger partial charge is 0.253 e. The molecule has 1 N–H and O–H groups in total. The quantitative estimate of drug-likeness (QED) is 0.647. The second kappa shape index (κ2) is 8.01. The summed E-state index contributed by atoms with van der Waals surface area (Å²) in [5.74, 6) is -6.42. The topological polar surface area (TPSA) is 37.4 Å². The highest BCUT2D eigenvalue weighted by atomic mass is 19.2. The Hall–Kier alpha value is -2.19. The Morgan fingerprint density at radius 1 is 1.12 bits per heavy atom. The molecule has 1 unspecified atom stereocenters. The number of aryl methyl sites for hydroxylation is 1. The zero-order valence-electron chi connectivity index (χ0n) is 14.2. The van der Waals surface area contributed by atoms with Crippen molar-refractivity contribution in [1.29, 1.82) is 0 Å². The molecule has 1 aromatic carbocycles. The van der Waals surface area contributed by atoms with Crippen LogP contribution in [0.15, 0.2) is 24.3 Å². The molecule has 0 amide bonds. The molecule has 8 heteroatoms. The number of aromatic nitrogens is 1. The van der Waals surface area contributed by atoms with E-state index in [1.54, 1.807) is 0 Å². The highest BCUT2D eigenvalue weighted by molar-refractivity contribution is 5.46. The van der Waals surface area contributed by atoms with Crippen LogP contribution in [-0.4, -0.2) is 42.7 Å². The van der Waals surface area contributed by atoms with Gasteiger partial charge in [0.25, 0.3) is 11.9 Å². The molecule has 1 saturated heterocycles. The number of nitrogens with one attached hydrogen (secondary N) is 1. The summed E-state index contributed by atoms with van der Waals surface area (Å²) in [7, 11) is 0. The minimum absolute atomic E-state index is 0.0696. The molecule has 0 spiro atoms. The van der Waals surface area contributed by atoms with Gasteiger partial charge in [-0.05, 0) is 12.5 Å². The standard InChI is InChI=1S/C18H19F4N3O/c1-11-3-2-4-12(9-11)13(25-5-7-26-8-6-25)10-23-16-14(19)17(21)24-18(22)15(16)20/h2-4,9,13H,5-8,10H2,1H3,(H,23,24). The van der Waals surface area contributed by atoms with Crippen molar-refractivity contribution < 1.29 is 22.3 Å². The van der Waals surface area contributed by atoms with E-state index in [-0.39, 0.29) is 12.6 Å². The highest BCUT2D eigenvalue weighted by Gasteiger charge is 2.25. The summed E-state index contributed by atoms with van der Waals surface area (Å²) in [4.78, 5) is 4.68. The summed E-state index contributed by atoms with van der Waals surface area (Å²) in [5.41, 5.74) is 1.13. The number of benzene rings is 1. The average molecular weight is 369 g/mol. The van der Waals surface area contributed by atoms with Crippen LogP contribution in [0.3, 0.4) is 0 Å². The van der Waals surface area contributed by atoms with Gasteiger partial charge >= 0.3 is 0 Å². The Morgan fingerprint density at radius 2 is 1.77 bits per heavy atom. The molecular formula is C18H19F4N3O. The molecule has 3 rings (SSSR count). The van der Waals surface area contributed by atoms with Crippen LogP contribution < -0.4 is 5.32 Å². The van der Waals surface area contributed by atoms with Crippen molar-refractivity contribution in [2.45, 2.75) is 13.0 Å². The second-order valence-corrected chi connectivity index (χ2v) is 6.16. The van der Waals surface area contributed by atoms with Crippen LogP contribution in [0.4, 0.5) is 23.2 Å². The number of rotatable bonds is 5.